The minimum Gasteiger partial charge on any atom is -0.488 e. The monoisotopic (exact) mass is 442 g/mol. The van der Waals surface area contributed by atoms with Gasteiger partial charge >= 0.3 is 0 Å². The van der Waals surface area contributed by atoms with Gasteiger partial charge in [0.2, 0.25) is 0 Å². The van der Waals surface area contributed by atoms with E-state index in [9.17, 15) is 4.79 Å². The summed E-state index contributed by atoms with van der Waals surface area (Å²) >= 11 is 2.62. The first kappa shape index (κ1) is 19.7. The van der Waals surface area contributed by atoms with Crippen LogP contribution in [0.25, 0.3) is 16.8 Å². The van der Waals surface area contributed by atoms with Crippen LogP contribution < -0.4 is 4.74 Å². The highest BCUT2D eigenvalue weighted by Crippen LogP contribution is 2.43. The first-order valence-corrected chi connectivity index (χ1v) is 11.5. The Balaban J connectivity index is 1.55. The fourth-order valence-corrected chi connectivity index (χ4v) is 5.39. The number of carbonyl (C=O) groups excluding carboxylic acids is 1. The molecule has 6 heteroatoms. The number of hydrogen-bond acceptors (Lipinski definition) is 6. The Kier molecular flexibility index (Phi) is 5.40. The van der Waals surface area contributed by atoms with Crippen molar-refractivity contribution in [3.05, 3.63) is 99.3 Å². The van der Waals surface area contributed by atoms with E-state index >= 15 is 0 Å². The molecule has 0 aliphatic carbocycles. The van der Waals surface area contributed by atoms with Gasteiger partial charge < -0.3 is 4.74 Å². The van der Waals surface area contributed by atoms with Crippen molar-refractivity contribution in [1.29, 1.82) is 5.41 Å². The van der Waals surface area contributed by atoms with Gasteiger partial charge in [-0.05, 0) is 28.5 Å². The number of thioether (sulfide) groups is 1. The average Bonchev–Trinajstić information content (AvgIpc) is 3.41. The maximum absolute atomic E-state index is 13.1. The smallest absolute Gasteiger partial charge is 0.186 e. The zero-order valence-electron chi connectivity index (χ0n) is 16.4. The van der Waals surface area contributed by atoms with Gasteiger partial charge in [0.1, 0.15) is 23.3 Å². The number of ketones is 1. The van der Waals surface area contributed by atoms with Crippen LogP contribution in [0.3, 0.4) is 0 Å². The van der Waals surface area contributed by atoms with Crippen LogP contribution in [0, 0.1) is 5.41 Å². The molecular weight excluding hydrogens is 424 g/mol. The Bertz CT molecular complexity index is 1300. The van der Waals surface area contributed by atoms with Crippen molar-refractivity contribution in [2.75, 3.05) is 0 Å². The number of thiazole rings is 1. The third-order valence-corrected chi connectivity index (χ3v) is 6.96. The molecule has 3 aromatic carbocycles. The minimum absolute atomic E-state index is 0.0770. The Morgan fingerprint density at radius 2 is 1.84 bits per heavy atom. The summed E-state index contributed by atoms with van der Waals surface area (Å²) in [7, 11) is 0. The molecule has 31 heavy (non-hydrogen) atoms. The molecule has 0 amide bonds. The van der Waals surface area contributed by atoms with Crippen LogP contribution in [-0.2, 0) is 11.4 Å². The number of ether oxygens (including phenoxy) is 1. The number of fused-ring (bicyclic) bond motifs is 1. The Morgan fingerprint density at radius 1 is 1.03 bits per heavy atom. The van der Waals surface area contributed by atoms with E-state index in [2.05, 4.69) is 4.98 Å². The van der Waals surface area contributed by atoms with Crippen molar-refractivity contribution in [2.45, 2.75) is 12.5 Å². The summed E-state index contributed by atoms with van der Waals surface area (Å²) in [4.78, 5) is 18.0. The van der Waals surface area contributed by atoms with Crippen LogP contribution in [0.5, 0.6) is 5.75 Å². The topological polar surface area (TPSA) is 63.0 Å². The third-order valence-electron chi connectivity index (χ3n) is 5.13. The number of hydrogen-bond donors (Lipinski definition) is 1. The number of allylic oxidation sites excluding steroid dienone is 1. The number of benzene rings is 3. The lowest BCUT2D eigenvalue weighted by Gasteiger charge is -2.13. The van der Waals surface area contributed by atoms with Gasteiger partial charge in [-0.1, -0.05) is 72.4 Å². The van der Waals surface area contributed by atoms with E-state index in [1.165, 1.54) is 23.1 Å². The van der Waals surface area contributed by atoms with Crippen LogP contribution in [0.1, 0.15) is 22.1 Å². The molecule has 0 bridgehead atoms. The Labute approximate surface area is 188 Å². The lowest BCUT2D eigenvalue weighted by molar-refractivity contribution is -0.114. The molecule has 1 aromatic heterocycles. The summed E-state index contributed by atoms with van der Waals surface area (Å²) in [5, 5.41) is 13.3. The van der Waals surface area contributed by atoms with Gasteiger partial charge in [0.15, 0.2) is 5.78 Å². The summed E-state index contributed by atoms with van der Waals surface area (Å²) in [5.74, 6) is 0.0412. The SMILES string of the molecule is N=C1SC(=Cc2c(OCc3ccccc3)ccc3ccccc23)C(=O)C1c1nccs1. The predicted octanol–water partition coefficient (Wildman–Crippen LogP) is 6.29. The van der Waals surface area contributed by atoms with E-state index in [1.807, 2.05) is 78.2 Å². The molecule has 1 N–H and O–H groups in total. The quantitative estimate of drug-likeness (QED) is 0.369. The van der Waals surface area contributed by atoms with Crippen molar-refractivity contribution < 1.29 is 9.53 Å². The lowest BCUT2D eigenvalue weighted by Crippen LogP contribution is -2.11. The Hall–Kier alpha value is -3.22. The molecule has 5 rings (SSSR count). The highest BCUT2D eigenvalue weighted by Gasteiger charge is 2.38. The zero-order valence-corrected chi connectivity index (χ0v) is 18.1. The minimum atomic E-state index is -0.597. The number of nitrogens with zero attached hydrogens (tertiary/aromatic N) is 1. The molecule has 1 fully saturated rings. The van der Waals surface area contributed by atoms with Gasteiger partial charge in [-0.15, -0.1) is 11.3 Å². The molecule has 2 heterocycles. The molecular formula is C25H18N2O2S2. The number of nitrogens with one attached hydrogen (secondary N) is 1. The van der Waals surface area contributed by atoms with Crippen molar-refractivity contribution in [3.63, 3.8) is 0 Å². The van der Waals surface area contributed by atoms with E-state index in [4.69, 9.17) is 10.1 Å². The second-order valence-corrected chi connectivity index (χ2v) is 9.13. The number of Topliss-reactive ketones (excluding diaryl/α,β-unsaturated/α-hetero) is 1. The maximum atomic E-state index is 13.1. The van der Waals surface area contributed by atoms with E-state index in [0.717, 1.165) is 21.9 Å². The standard InChI is InChI=1S/C25H18N2O2S2/c26-24-22(25-27-12-13-30-25)23(28)21(31-24)14-19-18-9-5-4-8-17(18)10-11-20(19)29-15-16-6-2-1-3-7-16/h1-14,22,26H,15H2. The lowest BCUT2D eigenvalue weighted by atomic mass is 10.0. The van der Waals surface area contributed by atoms with Gasteiger partial charge in [-0.25, -0.2) is 4.98 Å². The molecule has 1 aliphatic rings. The van der Waals surface area contributed by atoms with E-state index < -0.39 is 5.92 Å². The summed E-state index contributed by atoms with van der Waals surface area (Å²) in [5.41, 5.74) is 1.93. The average molecular weight is 443 g/mol. The second kappa shape index (κ2) is 8.49. The summed E-state index contributed by atoms with van der Waals surface area (Å²) < 4.78 is 6.17. The Morgan fingerprint density at radius 3 is 2.65 bits per heavy atom. The zero-order chi connectivity index (χ0) is 21.2. The maximum Gasteiger partial charge on any atom is 0.186 e. The fraction of sp³-hybridized carbons (Fsp3) is 0.0800. The van der Waals surface area contributed by atoms with Crippen LogP contribution in [0.2, 0.25) is 0 Å². The van der Waals surface area contributed by atoms with Gasteiger partial charge in [0.25, 0.3) is 0 Å². The van der Waals surface area contributed by atoms with Gasteiger partial charge in [-0.2, -0.15) is 0 Å². The van der Waals surface area contributed by atoms with Crippen molar-refractivity contribution in [1.82, 2.24) is 4.98 Å². The highest BCUT2D eigenvalue weighted by atomic mass is 32.2. The van der Waals surface area contributed by atoms with Crippen LogP contribution in [-0.4, -0.2) is 15.8 Å². The predicted molar refractivity (Wildman–Crippen MR) is 128 cm³/mol. The summed E-state index contributed by atoms with van der Waals surface area (Å²) in [6, 6.07) is 22.0. The first-order chi connectivity index (χ1) is 15.2. The fourth-order valence-electron chi connectivity index (χ4n) is 3.61. The molecule has 4 nitrogen and oxygen atoms in total. The molecule has 0 saturated carbocycles. The van der Waals surface area contributed by atoms with E-state index in [-0.39, 0.29) is 5.78 Å². The largest absolute Gasteiger partial charge is 0.488 e. The second-order valence-electron chi connectivity index (χ2n) is 7.12. The number of carbonyl (C=O) groups is 1. The van der Waals surface area contributed by atoms with E-state index in [1.54, 1.807) is 6.20 Å². The van der Waals surface area contributed by atoms with Crippen molar-refractivity contribution in [3.8, 4) is 5.75 Å². The van der Waals surface area contributed by atoms with Gasteiger partial charge in [-0.3, -0.25) is 10.2 Å². The first-order valence-electron chi connectivity index (χ1n) is 9.81. The molecule has 0 radical (unpaired) electrons. The summed E-state index contributed by atoms with van der Waals surface area (Å²) in [6.07, 6.45) is 3.55. The van der Waals surface area contributed by atoms with Crippen LogP contribution in [0.4, 0.5) is 0 Å². The van der Waals surface area contributed by atoms with Crippen LogP contribution in [0.15, 0.2) is 83.2 Å². The number of rotatable bonds is 5. The molecule has 1 aliphatic heterocycles. The molecule has 4 aromatic rings. The van der Waals surface area contributed by atoms with Crippen molar-refractivity contribution in [2.24, 2.45) is 0 Å². The molecule has 1 unspecified atom stereocenters. The summed E-state index contributed by atoms with van der Waals surface area (Å²) in [6.45, 7) is 0.438. The molecule has 1 saturated heterocycles. The van der Waals surface area contributed by atoms with E-state index in [0.29, 0.717) is 27.3 Å². The molecule has 152 valence electrons. The number of aromatic nitrogens is 1. The molecule has 0 spiro atoms. The van der Waals surface area contributed by atoms with Gasteiger partial charge in [0.05, 0.1) is 9.95 Å². The highest BCUT2D eigenvalue weighted by molar-refractivity contribution is 8.19. The van der Waals surface area contributed by atoms with Gasteiger partial charge in [0, 0.05) is 17.1 Å². The van der Waals surface area contributed by atoms with Crippen LogP contribution >= 0.6 is 23.1 Å². The normalized spacial score (nSPS) is 17.5. The third kappa shape index (κ3) is 3.92. The molecule has 1 atom stereocenters. The van der Waals surface area contributed by atoms with Crippen molar-refractivity contribution >= 4 is 50.8 Å².